The fourth-order valence-electron chi connectivity index (χ4n) is 5.83. The Kier molecular flexibility index (Phi) is 7.51. The summed E-state index contributed by atoms with van der Waals surface area (Å²) in [5.41, 5.74) is 1.74. The highest BCUT2D eigenvalue weighted by Gasteiger charge is 2.57. The van der Waals surface area contributed by atoms with Gasteiger partial charge in [-0.05, 0) is 68.9 Å². The Morgan fingerprint density at radius 1 is 1.19 bits per heavy atom. The number of rotatable bonds is 9. The first-order valence-electron chi connectivity index (χ1n) is 12.3. The zero-order valence-electron chi connectivity index (χ0n) is 19.3. The molecule has 176 valence electrons. The monoisotopic (exact) mass is 442 g/mol. The smallest absolute Gasteiger partial charge is 0.255 e. The highest BCUT2D eigenvalue weighted by Crippen LogP contribution is 2.45. The van der Waals surface area contributed by atoms with Crippen LogP contribution in [0.15, 0.2) is 41.4 Å². The molecule has 4 rings (SSSR count). The number of nitrogens with zero attached hydrogens (tertiary/aromatic N) is 2. The molecule has 0 spiro atoms. The van der Waals surface area contributed by atoms with Crippen molar-refractivity contribution in [1.29, 1.82) is 0 Å². The summed E-state index contributed by atoms with van der Waals surface area (Å²) in [5.74, 6) is 1.04. The highest BCUT2D eigenvalue weighted by molar-refractivity contribution is 5.95. The van der Waals surface area contributed by atoms with Crippen LogP contribution in [0.2, 0.25) is 0 Å². The van der Waals surface area contributed by atoms with Crippen LogP contribution in [0.1, 0.15) is 64.2 Å². The van der Waals surface area contributed by atoms with Gasteiger partial charge in [-0.3, -0.25) is 4.79 Å². The SMILES string of the molecule is C=CCN1CC2=C(CCCC2)[C@@H]2OC(C3CCC(OCCCO)CC3)=N[C@]2(CC=C)C1=O. The Morgan fingerprint density at radius 2 is 1.97 bits per heavy atom. The predicted octanol–water partition coefficient (Wildman–Crippen LogP) is 3.96. The number of ether oxygens (including phenoxy) is 2. The van der Waals surface area contributed by atoms with Crippen molar-refractivity contribution in [3.8, 4) is 0 Å². The molecule has 1 saturated carbocycles. The molecule has 2 aliphatic carbocycles. The summed E-state index contributed by atoms with van der Waals surface area (Å²) in [7, 11) is 0. The molecule has 0 aromatic carbocycles. The van der Waals surface area contributed by atoms with Gasteiger partial charge < -0.3 is 19.5 Å². The fraction of sp³-hybridized carbons (Fsp3) is 0.692. The van der Waals surface area contributed by atoms with Crippen molar-refractivity contribution in [3.05, 3.63) is 36.5 Å². The van der Waals surface area contributed by atoms with Crippen LogP contribution < -0.4 is 0 Å². The van der Waals surface area contributed by atoms with Gasteiger partial charge in [-0.2, -0.15) is 0 Å². The Hall–Kier alpha value is -1.92. The minimum absolute atomic E-state index is 0.0488. The van der Waals surface area contributed by atoms with E-state index in [2.05, 4.69) is 13.2 Å². The second-order valence-electron chi connectivity index (χ2n) is 9.60. The maximum absolute atomic E-state index is 13.9. The van der Waals surface area contributed by atoms with Crippen LogP contribution in [0.25, 0.3) is 0 Å². The summed E-state index contributed by atoms with van der Waals surface area (Å²) in [6.07, 6.45) is 12.9. The topological polar surface area (TPSA) is 71.4 Å². The Morgan fingerprint density at radius 3 is 2.69 bits per heavy atom. The van der Waals surface area contributed by atoms with Gasteiger partial charge in [0.05, 0.1) is 6.10 Å². The molecule has 1 fully saturated rings. The first-order chi connectivity index (χ1) is 15.6. The summed E-state index contributed by atoms with van der Waals surface area (Å²) in [4.78, 5) is 20.9. The van der Waals surface area contributed by atoms with E-state index in [1.165, 1.54) is 17.6 Å². The molecule has 32 heavy (non-hydrogen) atoms. The van der Waals surface area contributed by atoms with Gasteiger partial charge >= 0.3 is 0 Å². The summed E-state index contributed by atoms with van der Waals surface area (Å²) >= 11 is 0. The molecule has 2 atom stereocenters. The fourth-order valence-corrected chi connectivity index (χ4v) is 5.83. The lowest BCUT2D eigenvalue weighted by atomic mass is 9.79. The largest absolute Gasteiger partial charge is 0.470 e. The van der Waals surface area contributed by atoms with E-state index in [1.807, 2.05) is 11.0 Å². The molecule has 0 unspecified atom stereocenters. The van der Waals surface area contributed by atoms with E-state index < -0.39 is 5.54 Å². The minimum atomic E-state index is -0.928. The van der Waals surface area contributed by atoms with Crippen molar-refractivity contribution in [2.24, 2.45) is 10.9 Å². The molecule has 1 amide bonds. The Balaban J connectivity index is 1.58. The Labute approximate surface area is 192 Å². The summed E-state index contributed by atoms with van der Waals surface area (Å²) in [5, 5.41) is 8.97. The van der Waals surface area contributed by atoms with Gasteiger partial charge in [-0.1, -0.05) is 12.2 Å². The van der Waals surface area contributed by atoms with E-state index in [-0.39, 0.29) is 30.6 Å². The van der Waals surface area contributed by atoms with Gasteiger partial charge in [0.1, 0.15) is 0 Å². The minimum Gasteiger partial charge on any atom is -0.470 e. The number of fused-ring (bicyclic) bond motifs is 2. The van der Waals surface area contributed by atoms with Crippen LogP contribution in [-0.4, -0.2) is 65.9 Å². The van der Waals surface area contributed by atoms with E-state index in [0.29, 0.717) is 32.5 Å². The van der Waals surface area contributed by atoms with Crippen LogP contribution in [0.4, 0.5) is 0 Å². The van der Waals surface area contributed by atoms with Gasteiger partial charge in [0.25, 0.3) is 5.91 Å². The average Bonchev–Trinajstić information content (AvgIpc) is 3.16. The summed E-state index contributed by atoms with van der Waals surface area (Å²) in [6.45, 7) is 9.82. The molecule has 0 aromatic heterocycles. The predicted molar refractivity (Wildman–Crippen MR) is 126 cm³/mol. The number of carbonyl (C=O) groups excluding carboxylic acids is 1. The van der Waals surface area contributed by atoms with Crippen molar-refractivity contribution >= 4 is 11.8 Å². The van der Waals surface area contributed by atoms with Crippen LogP contribution in [0.3, 0.4) is 0 Å². The quantitative estimate of drug-likeness (QED) is 0.433. The van der Waals surface area contributed by atoms with Crippen LogP contribution in [0.5, 0.6) is 0 Å². The third-order valence-electron chi connectivity index (χ3n) is 7.45. The lowest BCUT2D eigenvalue weighted by molar-refractivity contribution is -0.137. The van der Waals surface area contributed by atoms with Crippen molar-refractivity contribution in [2.75, 3.05) is 26.3 Å². The number of hydrogen-bond donors (Lipinski definition) is 1. The maximum Gasteiger partial charge on any atom is 0.255 e. The first kappa shape index (κ1) is 23.2. The number of amides is 1. The molecular formula is C26H38N2O4. The lowest BCUT2D eigenvalue weighted by Gasteiger charge is -2.32. The molecule has 0 bridgehead atoms. The first-order valence-corrected chi connectivity index (χ1v) is 12.3. The van der Waals surface area contributed by atoms with E-state index in [4.69, 9.17) is 19.6 Å². The van der Waals surface area contributed by atoms with E-state index >= 15 is 0 Å². The highest BCUT2D eigenvalue weighted by atomic mass is 16.5. The molecule has 2 aliphatic heterocycles. The number of aliphatic hydroxyl groups is 1. The van der Waals surface area contributed by atoms with Crippen molar-refractivity contribution in [3.63, 3.8) is 0 Å². The standard InChI is InChI=1S/C26H38N2O4/c1-3-14-26-23(22-9-6-5-8-20(22)18-28(15-4-2)25(26)30)32-24(27-26)19-10-12-21(13-11-19)31-17-7-16-29/h3-4,19,21,23,29H,1-2,5-18H2/t19?,21?,23-,26-/m0/s1. The van der Waals surface area contributed by atoms with Crippen molar-refractivity contribution in [1.82, 2.24) is 4.90 Å². The molecule has 4 aliphatic rings. The molecule has 6 nitrogen and oxygen atoms in total. The normalized spacial score (nSPS) is 32.5. The zero-order valence-corrected chi connectivity index (χ0v) is 19.3. The Bertz CT molecular complexity index is 781. The van der Waals surface area contributed by atoms with Gasteiger partial charge in [0.15, 0.2) is 17.5 Å². The molecule has 1 N–H and O–H groups in total. The molecule has 0 aromatic rings. The van der Waals surface area contributed by atoms with Gasteiger partial charge in [-0.15, -0.1) is 13.2 Å². The second-order valence-corrected chi connectivity index (χ2v) is 9.60. The van der Waals surface area contributed by atoms with Crippen LogP contribution >= 0.6 is 0 Å². The third-order valence-corrected chi connectivity index (χ3v) is 7.45. The van der Waals surface area contributed by atoms with Crippen molar-refractivity contribution < 1.29 is 19.4 Å². The van der Waals surface area contributed by atoms with Crippen molar-refractivity contribution in [2.45, 2.75) is 82.0 Å². The van der Waals surface area contributed by atoms with Crippen LogP contribution in [0, 0.1) is 5.92 Å². The number of aliphatic imine (C=N–C) groups is 1. The van der Waals surface area contributed by atoms with Gasteiger partial charge in [0, 0.05) is 38.6 Å². The lowest BCUT2D eigenvalue weighted by Crippen LogP contribution is -2.52. The van der Waals surface area contributed by atoms with Gasteiger partial charge in [-0.25, -0.2) is 4.99 Å². The molecule has 2 heterocycles. The summed E-state index contributed by atoms with van der Waals surface area (Å²) < 4.78 is 12.5. The zero-order chi connectivity index (χ0) is 22.6. The van der Waals surface area contributed by atoms with E-state index in [1.54, 1.807) is 6.08 Å². The van der Waals surface area contributed by atoms with Gasteiger partial charge in [0.2, 0.25) is 0 Å². The number of aliphatic hydroxyl groups excluding tert-OH is 1. The molecule has 6 heteroatoms. The van der Waals surface area contributed by atoms with E-state index in [9.17, 15) is 4.79 Å². The maximum atomic E-state index is 13.9. The number of carbonyl (C=O) groups is 1. The second kappa shape index (κ2) is 10.3. The third kappa shape index (κ3) is 4.44. The molecular weight excluding hydrogens is 404 g/mol. The number of hydrogen-bond acceptors (Lipinski definition) is 5. The van der Waals surface area contributed by atoms with Crippen LogP contribution in [-0.2, 0) is 14.3 Å². The summed E-state index contributed by atoms with van der Waals surface area (Å²) in [6, 6.07) is 0. The molecule has 0 radical (unpaired) electrons. The van der Waals surface area contributed by atoms with E-state index in [0.717, 1.165) is 50.8 Å². The molecule has 0 saturated heterocycles. The average molecular weight is 443 g/mol.